The number of rotatable bonds is 1. The minimum Gasteiger partial charge on any atom is -0.399 e. The second-order valence-electron chi connectivity index (χ2n) is 2.89. The average molecular weight is 274 g/mol. The Kier molecular flexibility index (Phi) is 3.70. The molecule has 0 aliphatic rings. The molecule has 0 unspecified atom stereocenters. The predicted octanol–water partition coefficient (Wildman–Crippen LogP) is 4.45. The largest absolute Gasteiger partial charge is 0.442 e. The maximum Gasteiger partial charge on any atom is 0.442 e. The molecule has 2 N–H and O–H groups in total. The van der Waals surface area contributed by atoms with Gasteiger partial charge < -0.3 is 5.73 Å². The summed E-state index contributed by atoms with van der Waals surface area (Å²) in [5.74, 6) is -2.28. The number of benzene rings is 1. The lowest BCUT2D eigenvalue weighted by molar-refractivity contribution is -0.107. The first kappa shape index (κ1) is 13.1. The zero-order valence-electron chi connectivity index (χ0n) is 7.58. The van der Waals surface area contributed by atoms with Gasteiger partial charge in [0.25, 0.3) is 0 Å². The van der Waals surface area contributed by atoms with Crippen LogP contribution in [0, 0.1) is 0 Å². The Morgan fingerprint density at radius 2 is 1.62 bits per heavy atom. The number of allylic oxidation sites excluding steroid dienone is 1. The van der Waals surface area contributed by atoms with E-state index in [2.05, 4.69) is 0 Å². The SMILES string of the molecule is Nc1cc(Cl)c(C=C(F)C(F)(F)F)c(Cl)c1. The summed E-state index contributed by atoms with van der Waals surface area (Å²) < 4.78 is 48.4. The third-order valence-corrected chi connectivity index (χ3v) is 2.27. The van der Waals surface area contributed by atoms with Crippen molar-refractivity contribution in [2.75, 3.05) is 5.73 Å². The fraction of sp³-hybridized carbons (Fsp3) is 0.111. The molecule has 0 saturated carbocycles. The highest BCUT2D eigenvalue weighted by Crippen LogP contribution is 2.34. The number of hydrogen-bond donors (Lipinski definition) is 1. The van der Waals surface area contributed by atoms with Gasteiger partial charge in [-0.3, -0.25) is 0 Å². The van der Waals surface area contributed by atoms with Crippen LogP contribution in [0.5, 0.6) is 0 Å². The Balaban J connectivity index is 3.26. The lowest BCUT2D eigenvalue weighted by Crippen LogP contribution is -2.07. The van der Waals surface area contributed by atoms with Gasteiger partial charge in [-0.1, -0.05) is 23.2 Å². The normalized spacial score (nSPS) is 13.0. The topological polar surface area (TPSA) is 26.0 Å². The standard InChI is InChI=1S/C9H5Cl2F4N/c10-6-1-4(16)2-7(11)5(6)3-8(12)9(13,14)15/h1-3H,16H2. The van der Waals surface area contributed by atoms with Crippen molar-refractivity contribution in [3.8, 4) is 0 Å². The van der Waals surface area contributed by atoms with Gasteiger partial charge in [0.05, 0.1) is 10.0 Å². The molecule has 0 aliphatic carbocycles. The molecule has 0 saturated heterocycles. The van der Waals surface area contributed by atoms with Gasteiger partial charge in [0.1, 0.15) is 0 Å². The highest BCUT2D eigenvalue weighted by molar-refractivity contribution is 6.37. The van der Waals surface area contributed by atoms with Gasteiger partial charge in [0.2, 0.25) is 5.83 Å². The summed E-state index contributed by atoms with van der Waals surface area (Å²) in [6.45, 7) is 0. The van der Waals surface area contributed by atoms with E-state index >= 15 is 0 Å². The highest BCUT2D eigenvalue weighted by Gasteiger charge is 2.34. The monoisotopic (exact) mass is 273 g/mol. The molecule has 0 amide bonds. The van der Waals surface area contributed by atoms with E-state index in [1.54, 1.807) is 0 Å². The van der Waals surface area contributed by atoms with Gasteiger partial charge in [-0.15, -0.1) is 0 Å². The van der Waals surface area contributed by atoms with E-state index in [1.165, 1.54) is 12.1 Å². The zero-order valence-corrected chi connectivity index (χ0v) is 9.09. The van der Waals surface area contributed by atoms with E-state index in [0.717, 1.165) is 0 Å². The lowest BCUT2D eigenvalue weighted by atomic mass is 10.2. The van der Waals surface area contributed by atoms with Crippen molar-refractivity contribution < 1.29 is 17.6 Å². The molecular formula is C9H5Cl2F4N. The number of hydrogen-bond acceptors (Lipinski definition) is 1. The molecule has 0 aromatic heterocycles. The van der Waals surface area contributed by atoms with Crippen molar-refractivity contribution in [1.82, 2.24) is 0 Å². The van der Waals surface area contributed by atoms with E-state index in [0.29, 0.717) is 0 Å². The molecule has 1 nitrogen and oxygen atoms in total. The van der Waals surface area contributed by atoms with Gasteiger partial charge >= 0.3 is 6.18 Å². The molecule has 1 aromatic rings. The molecule has 1 rings (SSSR count). The summed E-state index contributed by atoms with van der Waals surface area (Å²) in [6.07, 6.45) is -4.84. The summed E-state index contributed by atoms with van der Waals surface area (Å²) in [5.41, 5.74) is 5.26. The minimum atomic E-state index is -5.06. The molecule has 0 aliphatic heterocycles. The van der Waals surface area contributed by atoms with Crippen LogP contribution in [0.3, 0.4) is 0 Å². The van der Waals surface area contributed by atoms with E-state index in [4.69, 9.17) is 28.9 Å². The van der Waals surface area contributed by atoms with Crippen molar-refractivity contribution >= 4 is 35.0 Å². The van der Waals surface area contributed by atoms with Crippen LogP contribution < -0.4 is 5.73 Å². The smallest absolute Gasteiger partial charge is 0.399 e. The molecule has 88 valence electrons. The van der Waals surface area contributed by atoms with Crippen molar-refractivity contribution in [3.05, 3.63) is 33.6 Å². The molecule has 0 bridgehead atoms. The van der Waals surface area contributed by atoms with Gasteiger partial charge in [0.15, 0.2) is 0 Å². The lowest BCUT2D eigenvalue weighted by Gasteiger charge is -2.06. The number of nitrogens with two attached hydrogens (primary N) is 1. The second-order valence-corrected chi connectivity index (χ2v) is 3.70. The summed E-state index contributed by atoms with van der Waals surface area (Å²) in [7, 11) is 0. The Labute approximate surface area is 98.4 Å². The molecule has 16 heavy (non-hydrogen) atoms. The quantitative estimate of drug-likeness (QED) is 0.594. The van der Waals surface area contributed by atoms with Crippen LogP contribution in [0.15, 0.2) is 18.0 Å². The van der Waals surface area contributed by atoms with E-state index < -0.39 is 12.0 Å². The second kappa shape index (κ2) is 4.51. The van der Waals surface area contributed by atoms with Crippen molar-refractivity contribution in [2.45, 2.75) is 6.18 Å². The highest BCUT2D eigenvalue weighted by atomic mass is 35.5. The maximum absolute atomic E-state index is 12.6. The third kappa shape index (κ3) is 3.02. The van der Waals surface area contributed by atoms with Gasteiger partial charge in [-0.05, 0) is 18.2 Å². The third-order valence-electron chi connectivity index (χ3n) is 1.64. The van der Waals surface area contributed by atoms with Crippen LogP contribution in [0.25, 0.3) is 6.08 Å². The van der Waals surface area contributed by atoms with E-state index in [9.17, 15) is 17.6 Å². The fourth-order valence-corrected chi connectivity index (χ4v) is 1.56. The summed E-state index contributed by atoms with van der Waals surface area (Å²) >= 11 is 11.2. The Bertz CT molecular complexity index is 417. The molecule has 7 heteroatoms. The fourth-order valence-electron chi connectivity index (χ4n) is 0.950. The summed E-state index contributed by atoms with van der Waals surface area (Å²) in [4.78, 5) is 0. The van der Waals surface area contributed by atoms with Gasteiger partial charge in [-0.25, -0.2) is 4.39 Å². The zero-order chi connectivity index (χ0) is 12.5. The van der Waals surface area contributed by atoms with Crippen LogP contribution in [-0.4, -0.2) is 6.18 Å². The van der Waals surface area contributed by atoms with Crippen LogP contribution in [-0.2, 0) is 0 Å². The minimum absolute atomic E-state index is 0.149. The number of nitrogen functional groups attached to an aromatic ring is 1. The van der Waals surface area contributed by atoms with Crippen LogP contribution in [0.4, 0.5) is 23.2 Å². The molecular weight excluding hydrogens is 269 g/mol. The maximum atomic E-state index is 12.6. The molecule has 0 spiro atoms. The van der Waals surface area contributed by atoms with Crippen molar-refractivity contribution in [2.24, 2.45) is 0 Å². The molecule has 0 radical (unpaired) electrons. The number of anilines is 1. The van der Waals surface area contributed by atoms with E-state index in [1.807, 2.05) is 0 Å². The Morgan fingerprint density at radius 3 is 2.00 bits per heavy atom. The molecule has 0 atom stereocenters. The first-order chi connectivity index (χ1) is 7.21. The first-order valence-electron chi connectivity index (χ1n) is 3.90. The average Bonchev–Trinajstić information content (AvgIpc) is 2.08. The van der Waals surface area contributed by atoms with Gasteiger partial charge in [0, 0.05) is 11.3 Å². The van der Waals surface area contributed by atoms with Crippen molar-refractivity contribution in [3.63, 3.8) is 0 Å². The predicted molar refractivity (Wildman–Crippen MR) is 56.0 cm³/mol. The first-order valence-corrected chi connectivity index (χ1v) is 4.66. The van der Waals surface area contributed by atoms with Crippen molar-refractivity contribution in [1.29, 1.82) is 0 Å². The number of alkyl halides is 3. The number of halogens is 6. The molecule has 0 heterocycles. The van der Waals surface area contributed by atoms with Crippen LogP contribution in [0.1, 0.15) is 5.56 Å². The Morgan fingerprint density at radius 1 is 1.19 bits per heavy atom. The molecule has 0 fully saturated rings. The Hall–Kier alpha value is -0.940. The van der Waals surface area contributed by atoms with Crippen LogP contribution >= 0.6 is 23.2 Å². The van der Waals surface area contributed by atoms with E-state index in [-0.39, 0.29) is 27.4 Å². The summed E-state index contributed by atoms with van der Waals surface area (Å²) in [5, 5.41) is -0.297. The van der Waals surface area contributed by atoms with Crippen LogP contribution in [0.2, 0.25) is 10.0 Å². The molecule has 1 aromatic carbocycles. The summed E-state index contributed by atoms with van der Waals surface area (Å²) in [6, 6.07) is 2.37. The van der Waals surface area contributed by atoms with Gasteiger partial charge in [-0.2, -0.15) is 13.2 Å².